The van der Waals surface area contributed by atoms with Crippen molar-refractivity contribution in [1.29, 1.82) is 0 Å². The number of ether oxygens (including phenoxy) is 1. The first kappa shape index (κ1) is 19.2. The molecule has 1 N–H and O–H groups in total. The number of rotatable bonds is 6. The van der Waals surface area contributed by atoms with E-state index in [0.29, 0.717) is 0 Å². The molecule has 0 bridgehead atoms. The zero-order valence-corrected chi connectivity index (χ0v) is 17.3. The van der Waals surface area contributed by atoms with E-state index < -0.39 is 0 Å². The van der Waals surface area contributed by atoms with Crippen LogP contribution in [0.2, 0.25) is 0 Å². The van der Waals surface area contributed by atoms with Crippen LogP contribution in [0.3, 0.4) is 0 Å². The standard InChI is InChI=1S/C22H27N3O2S/c1-3-24-9-11-25(12-10-24)22-21-18(8-13-28-21)14-20(23-22)17-4-6-19(7-5-17)27-16(2)15-26/h4-8,13-14,16,26H,3,9-12,15H2,1-2H3. The Morgan fingerprint density at radius 3 is 2.57 bits per heavy atom. The first-order valence-corrected chi connectivity index (χ1v) is 10.8. The van der Waals surface area contributed by atoms with Crippen LogP contribution in [-0.4, -0.2) is 60.4 Å². The quantitative estimate of drug-likeness (QED) is 0.684. The Morgan fingerprint density at radius 1 is 1.14 bits per heavy atom. The molecule has 0 amide bonds. The van der Waals surface area contributed by atoms with Crippen molar-refractivity contribution < 1.29 is 9.84 Å². The number of nitrogens with zero attached hydrogens (tertiary/aromatic N) is 3. The van der Waals surface area contributed by atoms with Crippen molar-refractivity contribution in [1.82, 2.24) is 9.88 Å². The summed E-state index contributed by atoms with van der Waals surface area (Å²) in [6.45, 7) is 9.40. The van der Waals surface area contributed by atoms with Crippen LogP contribution >= 0.6 is 11.3 Å². The minimum absolute atomic E-state index is 0.00673. The van der Waals surface area contributed by atoms with Crippen LogP contribution in [0.5, 0.6) is 5.75 Å². The van der Waals surface area contributed by atoms with Crippen LogP contribution in [0.4, 0.5) is 5.82 Å². The Morgan fingerprint density at radius 2 is 1.89 bits per heavy atom. The van der Waals surface area contributed by atoms with Crippen molar-refractivity contribution in [3.05, 3.63) is 41.8 Å². The molecule has 1 atom stereocenters. The van der Waals surface area contributed by atoms with Gasteiger partial charge in [-0.2, -0.15) is 0 Å². The van der Waals surface area contributed by atoms with Crippen molar-refractivity contribution in [3.8, 4) is 17.0 Å². The first-order valence-electron chi connectivity index (χ1n) is 9.91. The van der Waals surface area contributed by atoms with Crippen molar-refractivity contribution >= 4 is 27.2 Å². The number of anilines is 1. The number of pyridine rings is 1. The lowest BCUT2D eigenvalue weighted by Crippen LogP contribution is -2.46. The summed E-state index contributed by atoms with van der Waals surface area (Å²) in [4.78, 5) is 9.97. The maximum atomic E-state index is 9.15. The summed E-state index contributed by atoms with van der Waals surface area (Å²) in [5.41, 5.74) is 2.06. The lowest BCUT2D eigenvalue weighted by molar-refractivity contribution is 0.130. The van der Waals surface area contributed by atoms with Crippen LogP contribution < -0.4 is 9.64 Å². The van der Waals surface area contributed by atoms with Crippen LogP contribution in [0.25, 0.3) is 21.3 Å². The van der Waals surface area contributed by atoms with Gasteiger partial charge in [-0.15, -0.1) is 11.3 Å². The van der Waals surface area contributed by atoms with Crippen LogP contribution in [0, 0.1) is 0 Å². The van der Waals surface area contributed by atoms with Crippen molar-refractivity contribution in [2.75, 3.05) is 44.2 Å². The third-order valence-electron chi connectivity index (χ3n) is 5.28. The monoisotopic (exact) mass is 397 g/mol. The lowest BCUT2D eigenvalue weighted by Gasteiger charge is -2.35. The summed E-state index contributed by atoms with van der Waals surface area (Å²) in [6.07, 6.45) is -0.209. The van der Waals surface area contributed by atoms with E-state index in [-0.39, 0.29) is 12.7 Å². The van der Waals surface area contributed by atoms with E-state index in [1.165, 1.54) is 10.1 Å². The second-order valence-electron chi connectivity index (χ2n) is 7.23. The van der Waals surface area contributed by atoms with Crippen LogP contribution in [0.15, 0.2) is 41.8 Å². The van der Waals surface area contributed by atoms with Gasteiger partial charge in [0.1, 0.15) is 17.7 Å². The van der Waals surface area contributed by atoms with E-state index in [1.54, 1.807) is 11.3 Å². The second kappa shape index (κ2) is 8.47. The fourth-order valence-corrected chi connectivity index (χ4v) is 4.46. The van der Waals surface area contributed by atoms with Gasteiger partial charge in [0.15, 0.2) is 0 Å². The second-order valence-corrected chi connectivity index (χ2v) is 8.14. The van der Waals surface area contributed by atoms with Gasteiger partial charge in [-0.3, -0.25) is 0 Å². The number of benzene rings is 1. The molecule has 0 aliphatic carbocycles. The molecule has 5 nitrogen and oxygen atoms in total. The van der Waals surface area contributed by atoms with Gasteiger partial charge in [-0.1, -0.05) is 6.92 Å². The van der Waals surface area contributed by atoms with Crippen molar-refractivity contribution in [3.63, 3.8) is 0 Å². The first-order chi connectivity index (χ1) is 13.7. The third kappa shape index (κ3) is 3.99. The van der Waals surface area contributed by atoms with E-state index in [0.717, 1.165) is 55.5 Å². The van der Waals surface area contributed by atoms with E-state index in [2.05, 4.69) is 34.2 Å². The lowest BCUT2D eigenvalue weighted by atomic mass is 10.1. The van der Waals surface area contributed by atoms with E-state index >= 15 is 0 Å². The molecular formula is C22H27N3O2S. The Labute approximate surface area is 170 Å². The summed E-state index contributed by atoms with van der Waals surface area (Å²) in [7, 11) is 0. The molecule has 6 heteroatoms. The number of hydrogen-bond donors (Lipinski definition) is 1. The molecule has 0 spiro atoms. The van der Waals surface area contributed by atoms with Crippen molar-refractivity contribution in [2.45, 2.75) is 20.0 Å². The molecule has 0 saturated carbocycles. The number of thiophene rings is 1. The highest BCUT2D eigenvalue weighted by atomic mass is 32.1. The number of aliphatic hydroxyl groups is 1. The number of fused-ring (bicyclic) bond motifs is 1. The molecule has 1 saturated heterocycles. The van der Waals surface area contributed by atoms with Crippen LogP contribution in [-0.2, 0) is 0 Å². The molecule has 0 radical (unpaired) electrons. The number of aliphatic hydroxyl groups excluding tert-OH is 1. The normalized spacial score (nSPS) is 16.5. The Hall–Kier alpha value is -2.15. The Balaban J connectivity index is 1.63. The smallest absolute Gasteiger partial charge is 0.147 e. The zero-order valence-electron chi connectivity index (χ0n) is 16.5. The fraction of sp³-hybridized carbons (Fsp3) is 0.409. The van der Waals surface area contributed by atoms with Gasteiger partial charge in [0.05, 0.1) is 17.0 Å². The summed E-state index contributed by atoms with van der Waals surface area (Å²) < 4.78 is 6.94. The minimum atomic E-state index is -0.209. The van der Waals surface area contributed by atoms with Gasteiger partial charge in [0.25, 0.3) is 0 Å². The number of aromatic nitrogens is 1. The SMILES string of the molecule is CCN1CCN(c2nc(-c3ccc(OC(C)CO)cc3)cc3ccsc23)CC1. The van der Waals surface area contributed by atoms with Crippen LogP contribution in [0.1, 0.15) is 13.8 Å². The molecule has 2 aromatic heterocycles. The molecule has 3 aromatic rings. The van der Waals surface area contributed by atoms with Gasteiger partial charge in [0, 0.05) is 31.7 Å². The van der Waals surface area contributed by atoms with Gasteiger partial charge < -0.3 is 19.6 Å². The van der Waals surface area contributed by atoms with Crippen molar-refractivity contribution in [2.24, 2.45) is 0 Å². The molecule has 3 heterocycles. The molecule has 1 aliphatic rings. The number of piperazine rings is 1. The molecule has 4 rings (SSSR count). The number of likely N-dealkylation sites (N-methyl/N-ethyl adjacent to an activating group) is 1. The third-order valence-corrected chi connectivity index (χ3v) is 6.21. The van der Waals surface area contributed by atoms with E-state index in [1.807, 2.05) is 31.2 Å². The molecule has 1 unspecified atom stereocenters. The van der Waals surface area contributed by atoms with Gasteiger partial charge in [0.2, 0.25) is 0 Å². The molecule has 148 valence electrons. The topological polar surface area (TPSA) is 48.8 Å². The highest BCUT2D eigenvalue weighted by Gasteiger charge is 2.20. The zero-order chi connectivity index (χ0) is 19.5. The molecule has 28 heavy (non-hydrogen) atoms. The fourth-order valence-electron chi connectivity index (χ4n) is 3.57. The van der Waals surface area contributed by atoms with Gasteiger partial charge in [-0.05, 0) is 60.6 Å². The van der Waals surface area contributed by atoms with Gasteiger partial charge >= 0.3 is 0 Å². The summed E-state index contributed by atoms with van der Waals surface area (Å²) in [5.74, 6) is 1.87. The van der Waals surface area contributed by atoms with E-state index in [4.69, 9.17) is 14.8 Å². The molecule has 1 aromatic carbocycles. The predicted molar refractivity (Wildman–Crippen MR) is 117 cm³/mol. The summed E-state index contributed by atoms with van der Waals surface area (Å²) >= 11 is 1.77. The minimum Gasteiger partial charge on any atom is -0.488 e. The van der Waals surface area contributed by atoms with Gasteiger partial charge in [-0.25, -0.2) is 4.98 Å². The largest absolute Gasteiger partial charge is 0.488 e. The molecular weight excluding hydrogens is 370 g/mol. The molecule has 1 fully saturated rings. The predicted octanol–water partition coefficient (Wildman–Crippen LogP) is 3.86. The Bertz CT molecular complexity index is 917. The highest BCUT2D eigenvalue weighted by Crippen LogP contribution is 2.34. The van der Waals surface area contributed by atoms with E-state index in [9.17, 15) is 0 Å². The highest BCUT2D eigenvalue weighted by molar-refractivity contribution is 7.17. The molecule has 1 aliphatic heterocycles. The average Bonchev–Trinajstić information content (AvgIpc) is 3.22. The Kier molecular flexibility index (Phi) is 5.80. The summed E-state index contributed by atoms with van der Waals surface area (Å²) in [6, 6.07) is 12.3. The maximum absolute atomic E-state index is 9.15. The maximum Gasteiger partial charge on any atom is 0.147 e. The number of hydrogen-bond acceptors (Lipinski definition) is 6. The average molecular weight is 398 g/mol. The summed E-state index contributed by atoms with van der Waals surface area (Å²) in [5, 5.41) is 12.5.